The summed E-state index contributed by atoms with van der Waals surface area (Å²) in [4.78, 5) is 34.6. The van der Waals surface area contributed by atoms with Gasteiger partial charge in [0.1, 0.15) is 0 Å². The van der Waals surface area contributed by atoms with Crippen LogP contribution in [0.4, 0.5) is 5.69 Å². The Kier molecular flexibility index (Phi) is 6.38. The third-order valence-corrected chi connectivity index (χ3v) is 3.84. The minimum atomic E-state index is -0.953. The molecule has 0 amide bonds. The van der Waals surface area contributed by atoms with Gasteiger partial charge in [-0.05, 0) is 31.1 Å². The minimum absolute atomic E-state index is 0.114. The van der Waals surface area contributed by atoms with Crippen molar-refractivity contribution in [3.8, 4) is 0 Å². The molecule has 0 N–H and O–H groups in total. The lowest BCUT2D eigenvalue weighted by Crippen LogP contribution is -2.23. The van der Waals surface area contributed by atoms with Crippen molar-refractivity contribution in [3.05, 3.63) is 81.4 Å². The summed E-state index contributed by atoms with van der Waals surface area (Å²) in [6.07, 6.45) is 2.29. The van der Waals surface area contributed by atoms with E-state index in [0.717, 1.165) is 18.1 Å². The zero-order chi connectivity index (χ0) is 19.1. The van der Waals surface area contributed by atoms with Gasteiger partial charge in [-0.1, -0.05) is 43.3 Å². The van der Waals surface area contributed by atoms with Gasteiger partial charge in [-0.15, -0.1) is 0 Å². The number of nitro groups is 1. The molecule has 0 saturated heterocycles. The molecule has 6 heteroatoms. The van der Waals surface area contributed by atoms with Gasteiger partial charge in [-0.3, -0.25) is 14.9 Å². The van der Waals surface area contributed by atoms with Crippen LogP contribution in [0.5, 0.6) is 0 Å². The van der Waals surface area contributed by atoms with E-state index in [1.54, 1.807) is 24.3 Å². The van der Waals surface area contributed by atoms with Gasteiger partial charge >= 0.3 is 5.97 Å². The number of carbonyl (C=O) groups excluding carboxylic acids is 2. The van der Waals surface area contributed by atoms with E-state index >= 15 is 0 Å². The Morgan fingerprint density at radius 2 is 1.81 bits per heavy atom. The number of ether oxygens (including phenoxy) is 1. The maximum absolute atomic E-state index is 12.3. The predicted octanol–water partition coefficient (Wildman–Crippen LogP) is 3.99. The number of benzene rings is 2. The number of rotatable bonds is 7. The number of carbonyl (C=O) groups is 2. The van der Waals surface area contributed by atoms with E-state index in [9.17, 15) is 19.7 Å². The third kappa shape index (κ3) is 4.86. The second-order valence-corrected chi connectivity index (χ2v) is 5.64. The van der Waals surface area contributed by atoms with Crippen LogP contribution >= 0.6 is 0 Å². The summed E-state index contributed by atoms with van der Waals surface area (Å²) < 4.78 is 5.10. The molecule has 0 saturated carbocycles. The van der Waals surface area contributed by atoms with Gasteiger partial charge in [0.15, 0.2) is 6.10 Å². The molecule has 0 unspecified atom stereocenters. The van der Waals surface area contributed by atoms with E-state index in [2.05, 4.69) is 0 Å². The molecule has 0 fully saturated rings. The highest BCUT2D eigenvalue weighted by molar-refractivity contribution is 6.01. The fourth-order valence-corrected chi connectivity index (χ4v) is 2.36. The highest BCUT2D eigenvalue weighted by Crippen LogP contribution is 2.19. The lowest BCUT2D eigenvalue weighted by atomic mass is 10.0. The number of hydrogen-bond donors (Lipinski definition) is 0. The van der Waals surface area contributed by atoms with Gasteiger partial charge in [-0.2, -0.15) is 0 Å². The molecule has 2 aromatic rings. The van der Waals surface area contributed by atoms with E-state index in [4.69, 9.17) is 4.74 Å². The van der Waals surface area contributed by atoms with Crippen molar-refractivity contribution in [2.45, 2.75) is 26.4 Å². The molecule has 0 aliphatic rings. The van der Waals surface area contributed by atoms with Crippen molar-refractivity contribution in [1.29, 1.82) is 0 Å². The first kappa shape index (κ1) is 19.1. The van der Waals surface area contributed by atoms with Crippen molar-refractivity contribution < 1.29 is 19.2 Å². The standard InChI is InChI=1S/C20H19NO5/c1-3-15-8-10-17(11-9-15)20(23)14(2)26-19(22)13-12-16-6-4-5-7-18(16)21(24)25/h4-14H,3H2,1-2H3/b13-12+/t14-/m0/s1. The molecule has 26 heavy (non-hydrogen) atoms. The molecular formula is C20H19NO5. The van der Waals surface area contributed by atoms with Gasteiger partial charge in [0, 0.05) is 17.7 Å². The Bertz CT molecular complexity index is 840. The van der Waals surface area contributed by atoms with Gasteiger partial charge in [0.05, 0.1) is 10.5 Å². The fraction of sp³-hybridized carbons (Fsp3) is 0.200. The fourth-order valence-electron chi connectivity index (χ4n) is 2.36. The third-order valence-electron chi connectivity index (χ3n) is 3.84. The van der Waals surface area contributed by atoms with Crippen LogP contribution in [0.25, 0.3) is 6.08 Å². The summed E-state index contributed by atoms with van der Waals surface area (Å²) in [6.45, 7) is 3.51. The molecule has 0 aromatic heterocycles. The number of nitro benzene ring substituents is 1. The smallest absolute Gasteiger partial charge is 0.331 e. The van der Waals surface area contributed by atoms with E-state index < -0.39 is 17.0 Å². The quantitative estimate of drug-likeness (QED) is 0.247. The second kappa shape index (κ2) is 8.71. The molecule has 2 aromatic carbocycles. The van der Waals surface area contributed by atoms with Crippen LogP contribution in [0, 0.1) is 10.1 Å². The van der Waals surface area contributed by atoms with E-state index in [0.29, 0.717) is 5.56 Å². The molecule has 0 aliphatic heterocycles. The number of esters is 1. The van der Waals surface area contributed by atoms with Crippen LogP contribution in [0.15, 0.2) is 54.6 Å². The Hall–Kier alpha value is -3.28. The molecule has 0 heterocycles. The first-order valence-electron chi connectivity index (χ1n) is 8.17. The summed E-state index contributed by atoms with van der Waals surface area (Å²) in [5.41, 5.74) is 1.74. The monoisotopic (exact) mass is 353 g/mol. The van der Waals surface area contributed by atoms with Crippen LogP contribution in [0.2, 0.25) is 0 Å². The molecule has 0 aliphatic carbocycles. The lowest BCUT2D eigenvalue weighted by Gasteiger charge is -2.11. The van der Waals surface area contributed by atoms with Gasteiger partial charge in [0.2, 0.25) is 5.78 Å². The van der Waals surface area contributed by atoms with Crippen molar-refractivity contribution in [1.82, 2.24) is 0 Å². The zero-order valence-corrected chi connectivity index (χ0v) is 14.5. The van der Waals surface area contributed by atoms with Gasteiger partial charge in [-0.25, -0.2) is 4.79 Å². The van der Waals surface area contributed by atoms with Crippen molar-refractivity contribution in [2.75, 3.05) is 0 Å². The SMILES string of the molecule is CCc1ccc(C(=O)[C@H](C)OC(=O)/C=C/c2ccccc2[N+](=O)[O-])cc1. The normalized spacial score (nSPS) is 11.9. The molecule has 0 spiro atoms. The minimum Gasteiger partial charge on any atom is -0.451 e. The number of aryl methyl sites for hydroxylation is 1. The number of hydrogen-bond acceptors (Lipinski definition) is 5. The largest absolute Gasteiger partial charge is 0.451 e. The summed E-state index contributed by atoms with van der Waals surface area (Å²) in [6, 6.07) is 13.2. The average Bonchev–Trinajstić information content (AvgIpc) is 2.66. The Morgan fingerprint density at radius 3 is 2.42 bits per heavy atom. The van der Waals surface area contributed by atoms with Crippen LogP contribution in [0.3, 0.4) is 0 Å². The Morgan fingerprint density at radius 1 is 1.15 bits per heavy atom. The van der Waals surface area contributed by atoms with Crippen molar-refractivity contribution >= 4 is 23.5 Å². The van der Waals surface area contributed by atoms with Crippen LogP contribution < -0.4 is 0 Å². The maximum atomic E-state index is 12.3. The zero-order valence-electron chi connectivity index (χ0n) is 14.5. The lowest BCUT2D eigenvalue weighted by molar-refractivity contribution is -0.385. The highest BCUT2D eigenvalue weighted by Gasteiger charge is 2.18. The van der Waals surface area contributed by atoms with Crippen molar-refractivity contribution in [3.63, 3.8) is 0 Å². The van der Waals surface area contributed by atoms with E-state index in [1.165, 1.54) is 25.1 Å². The topological polar surface area (TPSA) is 86.5 Å². The van der Waals surface area contributed by atoms with Crippen molar-refractivity contribution in [2.24, 2.45) is 0 Å². The first-order valence-corrected chi connectivity index (χ1v) is 8.17. The average molecular weight is 353 g/mol. The first-order chi connectivity index (χ1) is 12.4. The summed E-state index contributed by atoms with van der Waals surface area (Å²) in [5, 5.41) is 10.9. The van der Waals surface area contributed by atoms with Gasteiger partial charge < -0.3 is 4.74 Å². The summed E-state index contributed by atoms with van der Waals surface area (Å²) in [7, 11) is 0. The Balaban J connectivity index is 2.02. The van der Waals surface area contributed by atoms with Crippen LogP contribution in [-0.2, 0) is 16.0 Å². The van der Waals surface area contributed by atoms with Crippen LogP contribution in [-0.4, -0.2) is 22.8 Å². The highest BCUT2D eigenvalue weighted by atomic mass is 16.6. The molecule has 1 atom stereocenters. The van der Waals surface area contributed by atoms with E-state index in [1.807, 2.05) is 19.1 Å². The second-order valence-electron chi connectivity index (χ2n) is 5.64. The maximum Gasteiger partial charge on any atom is 0.331 e. The molecule has 2 rings (SSSR count). The predicted molar refractivity (Wildman–Crippen MR) is 97.8 cm³/mol. The molecule has 134 valence electrons. The number of Topliss-reactive ketones (excluding diaryl/α,β-unsaturated/α-hetero) is 1. The molecular weight excluding hydrogens is 334 g/mol. The Labute approximate surface area is 151 Å². The number of ketones is 1. The number of para-hydroxylation sites is 1. The molecule has 0 radical (unpaired) electrons. The van der Waals surface area contributed by atoms with Gasteiger partial charge in [0.25, 0.3) is 5.69 Å². The van der Waals surface area contributed by atoms with E-state index in [-0.39, 0.29) is 17.0 Å². The molecule has 6 nitrogen and oxygen atoms in total. The molecule has 0 bridgehead atoms. The summed E-state index contributed by atoms with van der Waals surface area (Å²) in [5.74, 6) is -1.05. The summed E-state index contributed by atoms with van der Waals surface area (Å²) >= 11 is 0. The number of nitrogens with zero attached hydrogens (tertiary/aromatic N) is 1. The van der Waals surface area contributed by atoms with Crippen LogP contribution in [0.1, 0.15) is 35.3 Å².